The first-order valence-corrected chi connectivity index (χ1v) is 9.67. The Balaban J connectivity index is 1.66. The molecule has 0 saturated carbocycles. The summed E-state index contributed by atoms with van der Waals surface area (Å²) in [4.78, 5) is 25.0. The maximum atomic E-state index is 12.7. The summed E-state index contributed by atoms with van der Waals surface area (Å²) in [5.74, 6) is 0.531. The molecule has 2 aromatic carbocycles. The lowest BCUT2D eigenvalue weighted by molar-refractivity contribution is 0.0857. The summed E-state index contributed by atoms with van der Waals surface area (Å²) in [7, 11) is 4.44. The molecule has 160 valence electrons. The van der Waals surface area contributed by atoms with Crippen LogP contribution in [0.5, 0.6) is 17.2 Å². The number of rotatable bonds is 8. The number of hydrogen-bond donors (Lipinski definition) is 2. The van der Waals surface area contributed by atoms with Gasteiger partial charge in [-0.05, 0) is 49.2 Å². The second-order valence-corrected chi connectivity index (χ2v) is 6.76. The van der Waals surface area contributed by atoms with Crippen LogP contribution >= 0.6 is 0 Å². The van der Waals surface area contributed by atoms with Crippen LogP contribution in [0.2, 0.25) is 0 Å². The molecule has 0 aromatic heterocycles. The molecule has 3 rings (SSSR count). The van der Waals surface area contributed by atoms with Gasteiger partial charge in [-0.25, -0.2) is 0 Å². The van der Waals surface area contributed by atoms with Gasteiger partial charge in [0.05, 0.1) is 33.0 Å². The Labute approximate surface area is 175 Å². The first kappa shape index (κ1) is 21.4. The molecule has 1 atom stereocenters. The first-order chi connectivity index (χ1) is 14.6. The normalized spacial score (nSPS) is 15.4. The van der Waals surface area contributed by atoms with E-state index in [1.165, 1.54) is 21.3 Å². The Bertz CT molecular complexity index is 891. The molecule has 2 aromatic rings. The molecule has 1 aliphatic heterocycles. The summed E-state index contributed by atoms with van der Waals surface area (Å²) >= 11 is 0. The number of hydrogen-bond acceptors (Lipinski definition) is 6. The van der Waals surface area contributed by atoms with Gasteiger partial charge < -0.3 is 29.6 Å². The van der Waals surface area contributed by atoms with E-state index in [0.717, 1.165) is 19.4 Å². The average Bonchev–Trinajstić information content (AvgIpc) is 3.30. The fourth-order valence-electron chi connectivity index (χ4n) is 3.30. The van der Waals surface area contributed by atoms with E-state index in [4.69, 9.17) is 18.9 Å². The molecule has 8 nitrogen and oxygen atoms in total. The predicted molar refractivity (Wildman–Crippen MR) is 112 cm³/mol. The van der Waals surface area contributed by atoms with E-state index in [1.54, 1.807) is 36.4 Å². The second kappa shape index (κ2) is 9.98. The van der Waals surface area contributed by atoms with Crippen LogP contribution in [-0.4, -0.2) is 52.4 Å². The van der Waals surface area contributed by atoms with Gasteiger partial charge in [0, 0.05) is 24.4 Å². The zero-order valence-electron chi connectivity index (χ0n) is 17.3. The van der Waals surface area contributed by atoms with Crippen LogP contribution in [0.3, 0.4) is 0 Å². The summed E-state index contributed by atoms with van der Waals surface area (Å²) in [6, 6.07) is 9.90. The summed E-state index contributed by atoms with van der Waals surface area (Å²) in [5.41, 5.74) is 1.36. The molecule has 2 N–H and O–H groups in total. The van der Waals surface area contributed by atoms with Gasteiger partial charge in [0.15, 0.2) is 11.5 Å². The van der Waals surface area contributed by atoms with Gasteiger partial charge in [-0.1, -0.05) is 0 Å². The van der Waals surface area contributed by atoms with Crippen LogP contribution in [-0.2, 0) is 4.74 Å². The van der Waals surface area contributed by atoms with Gasteiger partial charge >= 0.3 is 0 Å². The number of carbonyl (C=O) groups is 2. The summed E-state index contributed by atoms with van der Waals surface area (Å²) in [6.07, 6.45) is 2.08. The highest BCUT2D eigenvalue weighted by atomic mass is 16.5. The van der Waals surface area contributed by atoms with Crippen molar-refractivity contribution in [2.75, 3.05) is 39.8 Å². The Morgan fingerprint density at radius 1 is 0.967 bits per heavy atom. The molecule has 0 aliphatic carbocycles. The van der Waals surface area contributed by atoms with E-state index < -0.39 is 0 Å². The fourth-order valence-corrected chi connectivity index (χ4v) is 3.30. The van der Waals surface area contributed by atoms with Crippen molar-refractivity contribution >= 4 is 17.5 Å². The minimum atomic E-state index is -0.372. The molecule has 0 radical (unpaired) electrons. The lowest BCUT2D eigenvalue weighted by Crippen LogP contribution is -2.31. The Hall–Kier alpha value is -3.26. The smallest absolute Gasteiger partial charge is 0.259 e. The van der Waals surface area contributed by atoms with Crippen molar-refractivity contribution < 1.29 is 28.5 Å². The van der Waals surface area contributed by atoms with Gasteiger partial charge in [0.25, 0.3) is 11.8 Å². The van der Waals surface area contributed by atoms with E-state index in [2.05, 4.69) is 10.6 Å². The highest BCUT2D eigenvalue weighted by Crippen LogP contribution is 2.39. The fraction of sp³-hybridized carbons (Fsp3) is 0.364. The number of carbonyl (C=O) groups excluding carboxylic acids is 2. The molecule has 30 heavy (non-hydrogen) atoms. The van der Waals surface area contributed by atoms with Crippen LogP contribution in [0.25, 0.3) is 0 Å². The molecule has 2 amide bonds. The molecule has 1 aliphatic rings. The SMILES string of the molecule is COc1ccc(C(=O)Nc2ccc(C(=O)NC[C@H]3CCCO3)cc2)c(OC)c1OC. The minimum Gasteiger partial charge on any atom is -0.493 e. The van der Waals surface area contributed by atoms with Crippen LogP contribution in [0.15, 0.2) is 36.4 Å². The van der Waals surface area contributed by atoms with Crippen molar-refractivity contribution in [3.63, 3.8) is 0 Å². The zero-order valence-corrected chi connectivity index (χ0v) is 17.3. The number of amides is 2. The monoisotopic (exact) mass is 414 g/mol. The largest absolute Gasteiger partial charge is 0.493 e. The molecule has 8 heteroatoms. The summed E-state index contributed by atoms with van der Waals surface area (Å²) in [6.45, 7) is 1.25. The molecule has 1 saturated heterocycles. The Morgan fingerprint density at radius 3 is 2.30 bits per heavy atom. The maximum Gasteiger partial charge on any atom is 0.259 e. The number of anilines is 1. The zero-order chi connectivity index (χ0) is 21.5. The van der Waals surface area contributed by atoms with Crippen LogP contribution < -0.4 is 24.8 Å². The highest BCUT2D eigenvalue weighted by molar-refractivity contribution is 6.07. The van der Waals surface area contributed by atoms with Crippen molar-refractivity contribution in [3.05, 3.63) is 47.5 Å². The minimum absolute atomic E-state index is 0.0870. The molecule has 0 unspecified atom stereocenters. The molecule has 1 heterocycles. The van der Waals surface area contributed by atoms with Crippen molar-refractivity contribution in [3.8, 4) is 17.2 Å². The van der Waals surface area contributed by atoms with Crippen molar-refractivity contribution in [1.29, 1.82) is 0 Å². The quantitative estimate of drug-likeness (QED) is 0.690. The topological polar surface area (TPSA) is 95.1 Å². The van der Waals surface area contributed by atoms with E-state index in [9.17, 15) is 9.59 Å². The lowest BCUT2D eigenvalue weighted by atomic mass is 10.1. The maximum absolute atomic E-state index is 12.7. The average molecular weight is 414 g/mol. The van der Waals surface area contributed by atoms with E-state index >= 15 is 0 Å². The van der Waals surface area contributed by atoms with Crippen LogP contribution in [0.4, 0.5) is 5.69 Å². The summed E-state index contributed by atoms with van der Waals surface area (Å²) in [5, 5.41) is 5.67. The van der Waals surface area contributed by atoms with Crippen LogP contribution in [0.1, 0.15) is 33.6 Å². The third kappa shape index (κ3) is 4.83. The molecule has 0 spiro atoms. The Morgan fingerprint density at radius 2 is 1.70 bits per heavy atom. The predicted octanol–water partition coefficient (Wildman–Crippen LogP) is 2.87. The third-order valence-electron chi connectivity index (χ3n) is 4.87. The van der Waals surface area contributed by atoms with E-state index in [1.807, 2.05) is 0 Å². The van der Waals surface area contributed by atoms with Crippen molar-refractivity contribution in [1.82, 2.24) is 5.32 Å². The molecular formula is C22H26N2O6. The van der Waals surface area contributed by atoms with Crippen LogP contribution in [0, 0.1) is 0 Å². The van der Waals surface area contributed by atoms with Crippen molar-refractivity contribution in [2.24, 2.45) is 0 Å². The first-order valence-electron chi connectivity index (χ1n) is 9.67. The standard InChI is InChI=1S/C22H26N2O6/c1-27-18-11-10-17(19(28-2)20(18)29-3)22(26)24-15-8-6-14(7-9-15)21(25)23-13-16-5-4-12-30-16/h6-11,16H,4-5,12-13H2,1-3H3,(H,23,25)(H,24,26)/t16-/m1/s1. The number of benzene rings is 2. The molecule has 1 fully saturated rings. The van der Waals surface area contributed by atoms with E-state index in [-0.39, 0.29) is 23.7 Å². The number of nitrogens with one attached hydrogen (secondary N) is 2. The third-order valence-corrected chi connectivity index (χ3v) is 4.87. The highest BCUT2D eigenvalue weighted by Gasteiger charge is 2.21. The molecule has 0 bridgehead atoms. The Kier molecular flexibility index (Phi) is 7.13. The number of ether oxygens (including phenoxy) is 4. The lowest BCUT2D eigenvalue weighted by Gasteiger charge is -2.15. The van der Waals surface area contributed by atoms with Crippen molar-refractivity contribution in [2.45, 2.75) is 18.9 Å². The molecular weight excluding hydrogens is 388 g/mol. The summed E-state index contributed by atoms with van der Waals surface area (Å²) < 4.78 is 21.4. The van der Waals surface area contributed by atoms with Gasteiger partial charge in [-0.3, -0.25) is 9.59 Å². The van der Waals surface area contributed by atoms with Gasteiger partial charge in [0.1, 0.15) is 0 Å². The van der Waals surface area contributed by atoms with E-state index in [0.29, 0.717) is 34.9 Å². The van der Waals surface area contributed by atoms with Gasteiger partial charge in [-0.2, -0.15) is 0 Å². The number of methoxy groups -OCH3 is 3. The second-order valence-electron chi connectivity index (χ2n) is 6.76. The van der Waals surface area contributed by atoms with Gasteiger partial charge in [-0.15, -0.1) is 0 Å². The van der Waals surface area contributed by atoms with Gasteiger partial charge in [0.2, 0.25) is 5.75 Å².